The van der Waals surface area contributed by atoms with Gasteiger partial charge in [-0.15, -0.1) is 5.10 Å². The van der Waals surface area contributed by atoms with E-state index in [-0.39, 0.29) is 25.2 Å². The Bertz CT molecular complexity index is 1610. The van der Waals surface area contributed by atoms with E-state index in [4.69, 9.17) is 35.8 Å². The number of nitriles is 1. The average Bonchev–Trinajstić information content (AvgIpc) is 3.35. The van der Waals surface area contributed by atoms with Crippen LogP contribution in [0.1, 0.15) is 37.6 Å². The summed E-state index contributed by atoms with van der Waals surface area (Å²) in [5.74, 6) is 0. The highest BCUT2D eigenvalue weighted by atomic mass is 35.5. The number of anilines is 2. The van der Waals surface area contributed by atoms with Crippen LogP contribution in [0.3, 0.4) is 0 Å². The first-order chi connectivity index (χ1) is 18.9. The number of ether oxygens (including phenoxy) is 1. The van der Waals surface area contributed by atoms with E-state index in [0.717, 1.165) is 0 Å². The van der Waals surface area contributed by atoms with Crippen molar-refractivity contribution in [3.63, 3.8) is 0 Å². The zero-order valence-corrected chi connectivity index (χ0v) is 23.9. The number of nitrogens with one attached hydrogen (secondary N) is 2. The molecule has 2 aromatic carbocycles. The molecule has 2 aromatic heterocycles. The smallest absolute Gasteiger partial charge is 0.131 e. The third kappa shape index (κ3) is 5.61. The molecule has 1 aliphatic heterocycles. The maximum absolute atomic E-state index is 10.5. The van der Waals surface area contributed by atoms with Gasteiger partial charge in [-0.2, -0.15) is 5.26 Å². The number of fused-ring (bicyclic) bond motifs is 1. The van der Waals surface area contributed by atoms with Crippen LogP contribution in [0.2, 0.25) is 10.0 Å². The van der Waals surface area contributed by atoms with Crippen LogP contribution in [-0.4, -0.2) is 58.3 Å². The van der Waals surface area contributed by atoms with E-state index < -0.39 is 11.0 Å². The Hall–Kier alpha value is -3.36. The van der Waals surface area contributed by atoms with Gasteiger partial charge in [0.05, 0.1) is 53.2 Å². The fourth-order valence-corrected chi connectivity index (χ4v) is 5.08. The van der Waals surface area contributed by atoms with Gasteiger partial charge in [0.1, 0.15) is 25.2 Å². The number of rotatable bonds is 8. The molecule has 1 aliphatic rings. The monoisotopic (exact) mass is 575 g/mol. The molecule has 3 heterocycles. The minimum Gasteiger partial charge on any atom is -0.383 e. The van der Waals surface area contributed by atoms with Crippen LogP contribution in [0.15, 0.2) is 48.8 Å². The Morgan fingerprint density at radius 1 is 1.20 bits per heavy atom. The summed E-state index contributed by atoms with van der Waals surface area (Å²) in [7, 11) is 7.08. The van der Waals surface area contributed by atoms with Crippen molar-refractivity contribution in [3.8, 4) is 6.07 Å². The Morgan fingerprint density at radius 2 is 1.95 bits per heavy atom. The first kappa shape index (κ1) is 28.2. The number of aliphatic hydroxyl groups is 1. The molecule has 9 nitrogen and oxygen atoms in total. The van der Waals surface area contributed by atoms with Crippen LogP contribution >= 0.6 is 23.2 Å². The summed E-state index contributed by atoms with van der Waals surface area (Å²) in [6.07, 6.45) is 3.18. The Kier molecular flexibility index (Phi) is 7.44. The lowest BCUT2D eigenvalue weighted by Gasteiger charge is -2.36. The lowest BCUT2D eigenvalue weighted by molar-refractivity contribution is -0.186. The van der Waals surface area contributed by atoms with Crippen LogP contribution in [-0.2, 0) is 16.7 Å². The second-order valence-electron chi connectivity index (χ2n) is 11.4. The standard InChI is InChI=1S/C28H28BCl2N7O2/c1-26(2,3)13-34-24-17(10-32)11-33-25-19(24)8-18(9-22(25)31)35-28(29,20-6-4-5-7-21(20)30)23-12-38(37-36-23)14-27(39)15-40-16-27/h4-9,11-12,35,39H,13-16H2,1-3H3,(H,33,34). The Labute approximate surface area is 243 Å². The molecule has 1 unspecified atom stereocenters. The number of pyridine rings is 1. The molecule has 1 fully saturated rings. The van der Waals surface area contributed by atoms with E-state index in [0.29, 0.717) is 55.7 Å². The Morgan fingerprint density at radius 3 is 2.60 bits per heavy atom. The fourth-order valence-electron chi connectivity index (χ4n) is 4.53. The van der Waals surface area contributed by atoms with Gasteiger partial charge in [-0.3, -0.25) is 4.98 Å². The predicted octanol–water partition coefficient (Wildman–Crippen LogP) is 4.71. The lowest BCUT2D eigenvalue weighted by atomic mass is 9.69. The number of halogens is 2. The summed E-state index contributed by atoms with van der Waals surface area (Å²) in [5.41, 5.74) is 0.575. The molecule has 3 N–H and O–H groups in total. The summed E-state index contributed by atoms with van der Waals surface area (Å²) >= 11 is 13.4. The van der Waals surface area contributed by atoms with E-state index in [1.54, 1.807) is 24.4 Å². The number of nitrogens with zero attached hydrogens (tertiary/aromatic N) is 5. The van der Waals surface area contributed by atoms with Gasteiger partial charge in [0.15, 0.2) is 0 Å². The molecule has 0 aliphatic carbocycles. The van der Waals surface area contributed by atoms with Crippen molar-refractivity contribution in [2.75, 3.05) is 30.4 Å². The molecule has 1 atom stereocenters. The molecule has 12 heteroatoms. The molecule has 40 heavy (non-hydrogen) atoms. The second-order valence-corrected chi connectivity index (χ2v) is 12.2. The molecular formula is C28H28BCl2N7O2. The minimum absolute atomic E-state index is 0.0387. The average molecular weight is 576 g/mol. The maximum Gasteiger partial charge on any atom is 0.131 e. The van der Waals surface area contributed by atoms with Gasteiger partial charge >= 0.3 is 0 Å². The molecule has 0 spiro atoms. The summed E-state index contributed by atoms with van der Waals surface area (Å²) < 4.78 is 6.68. The molecule has 1 saturated heterocycles. The highest BCUT2D eigenvalue weighted by Gasteiger charge is 2.38. The van der Waals surface area contributed by atoms with Gasteiger partial charge in [-0.05, 0) is 29.2 Å². The zero-order chi connectivity index (χ0) is 28.7. The van der Waals surface area contributed by atoms with Crippen LogP contribution in [0.5, 0.6) is 0 Å². The van der Waals surface area contributed by atoms with Gasteiger partial charge in [0.25, 0.3) is 0 Å². The van der Waals surface area contributed by atoms with Gasteiger partial charge in [-0.25, -0.2) is 4.68 Å². The van der Waals surface area contributed by atoms with Crippen LogP contribution in [0.25, 0.3) is 10.9 Å². The zero-order valence-electron chi connectivity index (χ0n) is 22.4. The molecule has 0 amide bonds. The van der Waals surface area contributed by atoms with Crippen molar-refractivity contribution in [2.45, 2.75) is 38.4 Å². The van der Waals surface area contributed by atoms with Crippen LogP contribution < -0.4 is 10.6 Å². The highest BCUT2D eigenvalue weighted by Crippen LogP contribution is 2.38. The fraction of sp³-hybridized carbons (Fsp3) is 0.357. The number of hydrogen-bond acceptors (Lipinski definition) is 8. The summed E-state index contributed by atoms with van der Waals surface area (Å²) in [6.45, 7) is 7.57. The summed E-state index contributed by atoms with van der Waals surface area (Å²) in [6, 6.07) is 13.0. The third-order valence-corrected chi connectivity index (χ3v) is 7.24. The topological polar surface area (TPSA) is 121 Å². The molecule has 2 radical (unpaired) electrons. The first-order valence-electron chi connectivity index (χ1n) is 12.7. The van der Waals surface area contributed by atoms with Crippen molar-refractivity contribution in [1.82, 2.24) is 20.0 Å². The SMILES string of the molecule is [B]C(Nc1cc(Cl)c2ncc(C#N)c(NCC(C)(C)C)c2c1)(c1cn(CC2(O)COC2)nn1)c1ccccc1Cl. The molecule has 5 rings (SSSR count). The summed E-state index contributed by atoms with van der Waals surface area (Å²) in [4.78, 5) is 4.44. The lowest BCUT2D eigenvalue weighted by Crippen LogP contribution is -2.52. The predicted molar refractivity (Wildman–Crippen MR) is 157 cm³/mol. The number of aromatic nitrogens is 4. The summed E-state index contributed by atoms with van der Waals surface area (Å²) in [5, 5.41) is 37.1. The maximum atomic E-state index is 10.5. The first-order valence-corrected chi connectivity index (χ1v) is 13.5. The van der Waals surface area contributed by atoms with E-state index in [1.807, 2.05) is 18.2 Å². The van der Waals surface area contributed by atoms with E-state index >= 15 is 0 Å². The van der Waals surface area contributed by atoms with Crippen molar-refractivity contribution < 1.29 is 9.84 Å². The second kappa shape index (κ2) is 10.6. The van der Waals surface area contributed by atoms with E-state index in [2.05, 4.69) is 52.8 Å². The van der Waals surface area contributed by atoms with Gasteiger partial charge in [0.2, 0.25) is 0 Å². The highest BCUT2D eigenvalue weighted by molar-refractivity contribution is 6.36. The van der Waals surface area contributed by atoms with Gasteiger partial charge in [-0.1, -0.05) is 67.4 Å². The Balaban J connectivity index is 1.60. The van der Waals surface area contributed by atoms with Crippen molar-refractivity contribution in [2.24, 2.45) is 5.41 Å². The normalized spacial score (nSPS) is 16.1. The molecule has 4 aromatic rings. The number of hydrogen-bond donors (Lipinski definition) is 3. The van der Waals surface area contributed by atoms with Crippen LogP contribution in [0.4, 0.5) is 11.4 Å². The molecule has 0 saturated carbocycles. The van der Waals surface area contributed by atoms with E-state index in [1.165, 1.54) is 10.9 Å². The van der Waals surface area contributed by atoms with Gasteiger partial charge < -0.3 is 20.5 Å². The third-order valence-electron chi connectivity index (χ3n) is 6.62. The molecular weight excluding hydrogens is 548 g/mol. The van der Waals surface area contributed by atoms with Gasteiger partial charge in [0, 0.05) is 28.8 Å². The van der Waals surface area contributed by atoms with E-state index in [9.17, 15) is 10.4 Å². The molecule has 0 bridgehead atoms. The molecule has 204 valence electrons. The van der Waals surface area contributed by atoms with Crippen LogP contribution in [0, 0.1) is 16.7 Å². The largest absolute Gasteiger partial charge is 0.383 e. The van der Waals surface area contributed by atoms with Crippen molar-refractivity contribution >= 4 is 53.3 Å². The quantitative estimate of drug-likeness (QED) is 0.258. The van der Waals surface area contributed by atoms with Crippen molar-refractivity contribution in [1.29, 1.82) is 5.26 Å². The number of benzene rings is 2. The van der Waals surface area contributed by atoms with Crippen molar-refractivity contribution in [3.05, 3.63) is 75.7 Å². The minimum atomic E-state index is -1.44.